The Hall–Kier alpha value is -4.28. The fourth-order valence-electron chi connectivity index (χ4n) is 3.99. The maximum Gasteiger partial charge on any atom is 0.411 e. The lowest BCUT2D eigenvalue weighted by molar-refractivity contribution is 0.146. The van der Waals surface area contributed by atoms with E-state index in [4.69, 9.17) is 14.2 Å². The minimum Gasteiger partial charge on any atom is -0.491 e. The van der Waals surface area contributed by atoms with Crippen LogP contribution in [-0.4, -0.2) is 31.0 Å². The average molecular weight is 470 g/mol. The number of fused-ring (bicyclic) bond motifs is 1. The number of nitriles is 1. The third-order valence-electron chi connectivity index (χ3n) is 5.64. The summed E-state index contributed by atoms with van der Waals surface area (Å²) in [6.07, 6.45) is -0.525. The Kier molecular flexibility index (Phi) is 7.66. The van der Waals surface area contributed by atoms with Crippen molar-refractivity contribution in [2.24, 2.45) is 0 Å². The van der Waals surface area contributed by atoms with Gasteiger partial charge >= 0.3 is 6.09 Å². The largest absolute Gasteiger partial charge is 0.491 e. The van der Waals surface area contributed by atoms with Crippen LogP contribution < -0.4 is 10.1 Å². The van der Waals surface area contributed by atoms with E-state index >= 15 is 0 Å². The van der Waals surface area contributed by atoms with Crippen molar-refractivity contribution in [1.82, 2.24) is 4.57 Å². The molecular formula is C28H27N3O4. The Bertz CT molecular complexity index is 1340. The van der Waals surface area contributed by atoms with Gasteiger partial charge in [-0.25, -0.2) is 4.79 Å². The van der Waals surface area contributed by atoms with Crippen LogP contribution >= 0.6 is 0 Å². The highest BCUT2D eigenvalue weighted by Gasteiger charge is 2.19. The molecule has 0 atom stereocenters. The first kappa shape index (κ1) is 23.9. The molecule has 1 aromatic heterocycles. The van der Waals surface area contributed by atoms with E-state index in [2.05, 4.69) is 16.0 Å². The van der Waals surface area contributed by atoms with Crippen molar-refractivity contribution < 1.29 is 19.0 Å². The zero-order valence-corrected chi connectivity index (χ0v) is 19.8. The van der Waals surface area contributed by atoms with Crippen LogP contribution in [0.2, 0.25) is 0 Å². The zero-order chi connectivity index (χ0) is 24.6. The molecule has 1 heterocycles. The van der Waals surface area contributed by atoms with Gasteiger partial charge in [0.2, 0.25) is 0 Å². The maximum absolute atomic E-state index is 12.2. The second-order valence-corrected chi connectivity index (χ2v) is 7.86. The van der Waals surface area contributed by atoms with Gasteiger partial charge in [-0.2, -0.15) is 5.26 Å². The first-order valence-corrected chi connectivity index (χ1v) is 11.4. The standard InChI is InChI=1S/C28H27N3O4/c1-3-31-26-17-23(34-16-15-33-2)13-14-24(26)25(18-29)27(31)21-9-11-22(12-10-21)30-28(32)35-19-20-7-5-4-6-8-20/h4-14,17H,3,15-16,19H2,1-2H3,(H,30,32). The van der Waals surface area contributed by atoms with Gasteiger partial charge in [0.05, 0.1) is 23.4 Å². The normalized spacial score (nSPS) is 10.7. The van der Waals surface area contributed by atoms with Gasteiger partial charge in [-0.1, -0.05) is 42.5 Å². The van der Waals surface area contributed by atoms with Crippen molar-refractivity contribution in [3.05, 3.63) is 83.9 Å². The van der Waals surface area contributed by atoms with Gasteiger partial charge in [-0.15, -0.1) is 0 Å². The van der Waals surface area contributed by atoms with Gasteiger partial charge in [0.15, 0.2) is 0 Å². The molecule has 0 saturated heterocycles. The molecule has 0 saturated carbocycles. The van der Waals surface area contributed by atoms with E-state index in [1.165, 1.54) is 0 Å². The van der Waals surface area contributed by atoms with Gasteiger partial charge in [0.1, 0.15) is 25.0 Å². The van der Waals surface area contributed by atoms with E-state index in [0.717, 1.165) is 33.5 Å². The highest BCUT2D eigenvalue weighted by Crippen LogP contribution is 2.35. The Morgan fingerprint density at radius 2 is 1.80 bits per heavy atom. The average Bonchev–Trinajstić information content (AvgIpc) is 3.21. The van der Waals surface area contributed by atoms with E-state index in [-0.39, 0.29) is 6.61 Å². The second-order valence-electron chi connectivity index (χ2n) is 7.86. The molecule has 7 heteroatoms. The van der Waals surface area contributed by atoms with Crippen LogP contribution in [0.15, 0.2) is 72.8 Å². The van der Waals surface area contributed by atoms with Crippen LogP contribution in [0.25, 0.3) is 22.2 Å². The number of anilines is 1. The predicted octanol–water partition coefficient (Wildman–Crippen LogP) is 5.97. The molecular weight excluding hydrogens is 442 g/mol. The lowest BCUT2D eigenvalue weighted by atomic mass is 10.1. The monoisotopic (exact) mass is 469 g/mol. The minimum absolute atomic E-state index is 0.198. The molecule has 7 nitrogen and oxygen atoms in total. The summed E-state index contributed by atoms with van der Waals surface area (Å²) in [7, 11) is 1.63. The summed E-state index contributed by atoms with van der Waals surface area (Å²) in [5, 5.41) is 13.6. The first-order chi connectivity index (χ1) is 17.1. The van der Waals surface area contributed by atoms with E-state index < -0.39 is 6.09 Å². The highest BCUT2D eigenvalue weighted by molar-refractivity contribution is 5.95. The molecule has 0 bridgehead atoms. The van der Waals surface area contributed by atoms with E-state index in [9.17, 15) is 10.1 Å². The summed E-state index contributed by atoms with van der Waals surface area (Å²) >= 11 is 0. The number of nitrogens with one attached hydrogen (secondary N) is 1. The number of rotatable bonds is 9. The molecule has 1 amide bonds. The molecule has 0 aliphatic carbocycles. The summed E-state index contributed by atoms with van der Waals surface area (Å²) < 4.78 is 18.2. The molecule has 0 fully saturated rings. The van der Waals surface area contributed by atoms with Crippen LogP contribution in [-0.2, 0) is 22.6 Å². The molecule has 3 aromatic carbocycles. The van der Waals surface area contributed by atoms with Crippen molar-refractivity contribution >= 4 is 22.7 Å². The number of amides is 1. The smallest absolute Gasteiger partial charge is 0.411 e. The van der Waals surface area contributed by atoms with Crippen molar-refractivity contribution in [3.63, 3.8) is 0 Å². The van der Waals surface area contributed by atoms with Gasteiger partial charge in [0.25, 0.3) is 0 Å². The number of hydrogen-bond donors (Lipinski definition) is 1. The number of ether oxygens (including phenoxy) is 3. The molecule has 4 rings (SSSR count). The molecule has 1 N–H and O–H groups in total. The Balaban J connectivity index is 1.55. The molecule has 178 valence electrons. The minimum atomic E-state index is -0.525. The molecule has 0 spiro atoms. The van der Waals surface area contributed by atoms with Crippen LogP contribution in [0.1, 0.15) is 18.1 Å². The van der Waals surface area contributed by atoms with Crippen LogP contribution in [0.3, 0.4) is 0 Å². The Morgan fingerprint density at radius 1 is 1.03 bits per heavy atom. The zero-order valence-electron chi connectivity index (χ0n) is 19.8. The number of carbonyl (C=O) groups is 1. The maximum atomic E-state index is 12.2. The molecule has 4 aromatic rings. The topological polar surface area (TPSA) is 85.5 Å². The quantitative estimate of drug-likeness (QED) is 0.305. The van der Waals surface area contributed by atoms with Crippen LogP contribution in [0.4, 0.5) is 10.5 Å². The summed E-state index contributed by atoms with van der Waals surface area (Å²) in [5.41, 5.74) is 4.77. The number of hydrogen-bond acceptors (Lipinski definition) is 5. The molecule has 0 unspecified atom stereocenters. The van der Waals surface area contributed by atoms with E-state index in [1.54, 1.807) is 19.2 Å². The SMILES string of the molecule is CCn1c(-c2ccc(NC(=O)OCc3ccccc3)cc2)c(C#N)c2ccc(OCCOC)cc21. The lowest BCUT2D eigenvalue weighted by Crippen LogP contribution is -2.13. The number of aromatic nitrogens is 1. The number of methoxy groups -OCH3 is 1. The van der Waals surface area contributed by atoms with Gasteiger partial charge in [-0.3, -0.25) is 5.32 Å². The van der Waals surface area contributed by atoms with Crippen molar-refractivity contribution in [2.75, 3.05) is 25.6 Å². The predicted molar refractivity (Wildman–Crippen MR) is 135 cm³/mol. The fraction of sp³-hybridized carbons (Fsp3) is 0.214. The van der Waals surface area contributed by atoms with E-state index in [1.807, 2.05) is 67.6 Å². The molecule has 0 aliphatic rings. The van der Waals surface area contributed by atoms with E-state index in [0.29, 0.717) is 31.0 Å². The Morgan fingerprint density at radius 3 is 2.49 bits per heavy atom. The van der Waals surface area contributed by atoms with Crippen LogP contribution in [0.5, 0.6) is 5.75 Å². The van der Waals surface area contributed by atoms with Gasteiger partial charge in [-0.05, 0) is 42.3 Å². The fourth-order valence-corrected chi connectivity index (χ4v) is 3.99. The summed E-state index contributed by atoms with van der Waals surface area (Å²) in [5.74, 6) is 0.728. The molecule has 0 aliphatic heterocycles. The molecule has 35 heavy (non-hydrogen) atoms. The van der Waals surface area contributed by atoms with Gasteiger partial charge < -0.3 is 18.8 Å². The Labute approximate surface area is 204 Å². The van der Waals surface area contributed by atoms with Crippen molar-refractivity contribution in [2.45, 2.75) is 20.1 Å². The highest BCUT2D eigenvalue weighted by atomic mass is 16.5. The lowest BCUT2D eigenvalue weighted by Gasteiger charge is -2.11. The summed E-state index contributed by atoms with van der Waals surface area (Å²) in [6.45, 7) is 3.88. The van der Waals surface area contributed by atoms with Gasteiger partial charge in [0, 0.05) is 30.8 Å². The number of benzene rings is 3. The number of nitrogens with zero attached hydrogens (tertiary/aromatic N) is 2. The second kappa shape index (κ2) is 11.2. The third kappa shape index (κ3) is 5.45. The first-order valence-electron chi connectivity index (χ1n) is 11.4. The van der Waals surface area contributed by atoms with Crippen molar-refractivity contribution in [3.8, 4) is 23.1 Å². The van der Waals surface area contributed by atoms with Crippen molar-refractivity contribution in [1.29, 1.82) is 5.26 Å². The summed E-state index contributed by atoms with van der Waals surface area (Å²) in [4.78, 5) is 12.2. The number of carbonyl (C=O) groups excluding carboxylic acids is 1. The third-order valence-corrected chi connectivity index (χ3v) is 5.64. The van der Waals surface area contributed by atoms with Crippen LogP contribution in [0, 0.1) is 11.3 Å². The molecule has 0 radical (unpaired) electrons. The summed E-state index contributed by atoms with van der Waals surface area (Å²) in [6, 6.07) is 25.0. The number of aryl methyl sites for hydroxylation is 1.